The molecule has 0 heterocycles. The van der Waals surface area contributed by atoms with Gasteiger partial charge in [-0.1, -0.05) is 97.2 Å². The zero-order valence-corrected chi connectivity index (χ0v) is 26.3. The monoisotopic (exact) mass is 678 g/mol. The van der Waals surface area contributed by atoms with Gasteiger partial charge in [-0.05, 0) is 36.1 Å². The Labute approximate surface area is 271 Å². The van der Waals surface area contributed by atoms with Gasteiger partial charge in [-0.15, -0.1) is 13.2 Å². The van der Waals surface area contributed by atoms with Crippen molar-refractivity contribution < 1.29 is 44.2 Å². The first-order valence-electron chi connectivity index (χ1n) is 14.9. The Morgan fingerprint density at radius 2 is 0.979 bits per heavy atom. The molecule has 11 heteroatoms. The van der Waals surface area contributed by atoms with Crippen LogP contribution in [0.15, 0.2) is 122 Å². The molecule has 0 N–H and O–H groups in total. The van der Waals surface area contributed by atoms with Crippen LogP contribution in [0.25, 0.3) is 0 Å². The number of hydrogen-bond donors (Lipinski definition) is 0. The normalized spacial score (nSPS) is 24.4. The first kappa shape index (κ1) is 36.2. The van der Waals surface area contributed by atoms with Crippen molar-refractivity contribution in [3.8, 4) is 0 Å². The van der Waals surface area contributed by atoms with Gasteiger partial charge in [-0.25, -0.2) is 8.42 Å². The second kappa shape index (κ2) is 14.6. The number of hydrogen-bond acceptors (Lipinski definition) is 4. The molecule has 4 nitrogen and oxygen atoms in total. The van der Waals surface area contributed by atoms with Crippen molar-refractivity contribution in [3.63, 3.8) is 0 Å². The van der Waals surface area contributed by atoms with E-state index in [1.165, 1.54) is 85.0 Å². The van der Waals surface area contributed by atoms with Gasteiger partial charge in [0.25, 0.3) is 0 Å². The highest BCUT2D eigenvalue weighted by Crippen LogP contribution is 2.38. The second-order valence-corrected chi connectivity index (χ2v) is 13.6. The maximum Gasteiger partial charge on any atom is 0.416 e. The van der Waals surface area contributed by atoms with Gasteiger partial charge in [0.05, 0.1) is 34.8 Å². The number of sulfone groups is 1. The standard InChI is InChI=1S/C36H36F6O4S/c1-3-5-23-45-33(25-27-11-7-9-13-31(27)35(37,38)39)19-15-29(16-20-33)47(43,44)30-17-21-34(22-18-30,46-24-6-4-2)26-28-12-8-10-14-32(28)36(40,41)42/h3-4,7-22,29-30H,1-2,5-6,23-26H2. The Morgan fingerprint density at radius 1 is 0.638 bits per heavy atom. The van der Waals surface area contributed by atoms with Crippen LogP contribution in [0.4, 0.5) is 26.3 Å². The molecular formula is C36H36F6O4S. The van der Waals surface area contributed by atoms with Crippen LogP contribution in [0, 0.1) is 0 Å². The van der Waals surface area contributed by atoms with E-state index in [0.29, 0.717) is 12.8 Å². The molecule has 0 saturated heterocycles. The summed E-state index contributed by atoms with van der Waals surface area (Å²) in [6.07, 6.45) is 5.95. The molecular weight excluding hydrogens is 642 g/mol. The lowest BCUT2D eigenvalue weighted by atomic mass is 9.88. The molecule has 0 fully saturated rings. The van der Waals surface area contributed by atoms with E-state index in [9.17, 15) is 34.8 Å². The van der Waals surface area contributed by atoms with Gasteiger partial charge in [0, 0.05) is 12.8 Å². The maximum absolute atomic E-state index is 13.8. The third kappa shape index (κ3) is 8.82. The first-order valence-corrected chi connectivity index (χ1v) is 16.6. The highest BCUT2D eigenvalue weighted by atomic mass is 32.2. The second-order valence-electron chi connectivity index (χ2n) is 11.4. The van der Waals surface area contributed by atoms with Gasteiger partial charge < -0.3 is 9.47 Å². The fourth-order valence-electron chi connectivity index (χ4n) is 5.58. The van der Waals surface area contributed by atoms with Crippen molar-refractivity contribution >= 4 is 9.84 Å². The van der Waals surface area contributed by atoms with Gasteiger partial charge in [0.1, 0.15) is 11.2 Å². The Hall–Kier alpha value is -3.67. The average Bonchev–Trinajstić information content (AvgIpc) is 3.01. The molecule has 0 aliphatic heterocycles. The van der Waals surface area contributed by atoms with E-state index in [2.05, 4.69) is 13.2 Å². The number of ether oxygens (including phenoxy) is 2. The first-order chi connectivity index (χ1) is 22.1. The highest BCUT2D eigenvalue weighted by molar-refractivity contribution is 7.93. The number of alkyl halides is 6. The molecule has 2 aliphatic carbocycles. The minimum atomic E-state index is -4.59. The molecule has 0 spiro atoms. The quantitative estimate of drug-likeness (QED) is 0.114. The average molecular weight is 679 g/mol. The van der Waals surface area contributed by atoms with Crippen LogP contribution in [0.1, 0.15) is 35.1 Å². The summed E-state index contributed by atoms with van der Waals surface area (Å²) in [5.41, 5.74) is -4.31. The van der Waals surface area contributed by atoms with Crippen molar-refractivity contribution in [3.05, 3.63) is 145 Å². The molecule has 0 aromatic heterocycles. The lowest BCUT2D eigenvalue weighted by molar-refractivity contribution is -0.139. The predicted octanol–water partition coefficient (Wildman–Crippen LogP) is 8.58. The van der Waals surface area contributed by atoms with Crippen LogP contribution in [-0.2, 0) is 44.5 Å². The van der Waals surface area contributed by atoms with E-state index in [1.807, 2.05) is 0 Å². The summed E-state index contributed by atoms with van der Waals surface area (Å²) in [7, 11) is -3.99. The Kier molecular flexibility index (Phi) is 11.3. The van der Waals surface area contributed by atoms with E-state index >= 15 is 0 Å². The predicted molar refractivity (Wildman–Crippen MR) is 170 cm³/mol. The molecule has 0 amide bonds. The van der Waals surface area contributed by atoms with Crippen LogP contribution in [0.3, 0.4) is 0 Å². The fourth-order valence-corrected chi connectivity index (χ4v) is 7.14. The van der Waals surface area contributed by atoms with E-state index in [4.69, 9.17) is 9.47 Å². The third-order valence-electron chi connectivity index (χ3n) is 8.00. The third-order valence-corrected chi connectivity index (χ3v) is 10.1. The summed E-state index contributed by atoms with van der Waals surface area (Å²) in [5.74, 6) is 0. The number of rotatable bonds is 14. The number of benzene rings is 2. The SMILES string of the molecule is C=CCCOC1(Cc2ccccc2C(F)(F)F)C=CC(S(=O)(=O)C2C=CC(Cc3ccccc3C(F)(F)F)(OCCC=C)C=C2)C=C1. The maximum atomic E-state index is 13.8. The Balaban J connectivity index is 1.59. The van der Waals surface area contributed by atoms with Crippen molar-refractivity contribution in [2.75, 3.05) is 13.2 Å². The zero-order chi connectivity index (χ0) is 34.3. The number of halogens is 6. The lowest BCUT2D eigenvalue weighted by Gasteiger charge is -2.34. The van der Waals surface area contributed by atoms with Crippen molar-refractivity contribution in [1.29, 1.82) is 0 Å². The topological polar surface area (TPSA) is 52.6 Å². The summed E-state index contributed by atoms with van der Waals surface area (Å²) in [4.78, 5) is 0. The molecule has 0 radical (unpaired) electrons. The molecule has 0 unspecified atom stereocenters. The molecule has 2 aromatic rings. The Morgan fingerprint density at radius 3 is 1.30 bits per heavy atom. The smallest absolute Gasteiger partial charge is 0.366 e. The fraction of sp³-hybridized carbons (Fsp3) is 0.333. The van der Waals surface area contributed by atoms with E-state index in [1.54, 1.807) is 12.2 Å². The lowest BCUT2D eigenvalue weighted by Crippen LogP contribution is -2.39. The minimum Gasteiger partial charge on any atom is -0.366 e. The summed E-state index contributed by atoms with van der Waals surface area (Å²) in [6.45, 7) is 7.57. The molecule has 47 heavy (non-hydrogen) atoms. The largest absolute Gasteiger partial charge is 0.416 e. The van der Waals surface area contributed by atoms with Crippen LogP contribution in [0.5, 0.6) is 0 Å². The molecule has 252 valence electrons. The zero-order valence-electron chi connectivity index (χ0n) is 25.5. The van der Waals surface area contributed by atoms with E-state index in [0.717, 1.165) is 12.1 Å². The van der Waals surface area contributed by atoms with Crippen LogP contribution in [-0.4, -0.2) is 43.3 Å². The van der Waals surface area contributed by atoms with E-state index < -0.39 is 55.0 Å². The van der Waals surface area contributed by atoms with Crippen LogP contribution < -0.4 is 0 Å². The molecule has 0 atom stereocenters. The van der Waals surface area contributed by atoms with Crippen LogP contribution in [0.2, 0.25) is 0 Å². The van der Waals surface area contributed by atoms with Gasteiger partial charge in [0.15, 0.2) is 9.84 Å². The molecule has 2 aliphatic rings. The summed E-state index contributed by atoms with van der Waals surface area (Å²) in [5, 5.41) is -2.29. The van der Waals surface area contributed by atoms with Gasteiger partial charge in [-0.3, -0.25) is 0 Å². The van der Waals surface area contributed by atoms with Crippen molar-refractivity contribution in [1.82, 2.24) is 0 Å². The van der Waals surface area contributed by atoms with Crippen molar-refractivity contribution in [2.45, 2.75) is 59.7 Å². The highest BCUT2D eigenvalue weighted by Gasteiger charge is 2.41. The molecule has 0 saturated carbocycles. The molecule has 2 aromatic carbocycles. The molecule has 0 bridgehead atoms. The summed E-state index contributed by atoms with van der Waals surface area (Å²) < 4.78 is 122. The summed E-state index contributed by atoms with van der Waals surface area (Å²) in [6, 6.07) is 10.3. The van der Waals surface area contributed by atoms with E-state index in [-0.39, 0.29) is 37.2 Å². The van der Waals surface area contributed by atoms with Gasteiger partial charge in [0.2, 0.25) is 0 Å². The van der Waals surface area contributed by atoms with Crippen molar-refractivity contribution in [2.24, 2.45) is 0 Å². The van der Waals surface area contributed by atoms with Gasteiger partial charge >= 0.3 is 12.4 Å². The van der Waals surface area contributed by atoms with Crippen LogP contribution >= 0.6 is 0 Å². The van der Waals surface area contributed by atoms with Gasteiger partial charge in [-0.2, -0.15) is 26.3 Å². The molecule has 4 rings (SSSR count). The summed E-state index contributed by atoms with van der Waals surface area (Å²) >= 11 is 0. The Bertz CT molecular complexity index is 1510. The minimum absolute atomic E-state index is 0.00718.